The number of fused-ring (bicyclic) bond motifs is 1. The number of benzene rings is 1. The van der Waals surface area contributed by atoms with Crippen molar-refractivity contribution in [1.82, 2.24) is 15.3 Å². The molecule has 0 aliphatic heterocycles. The Balaban J connectivity index is 2.10. The monoisotopic (exact) mass is 191 g/mol. The SMILES string of the molecule is OCNCCc1ccc2nc[nH]c2c1. The van der Waals surface area contributed by atoms with Crippen molar-refractivity contribution in [3.05, 3.63) is 30.1 Å². The van der Waals surface area contributed by atoms with Crippen LogP contribution in [0.3, 0.4) is 0 Å². The van der Waals surface area contributed by atoms with E-state index in [9.17, 15) is 0 Å². The molecule has 0 saturated heterocycles. The van der Waals surface area contributed by atoms with Crippen LogP contribution in [0.25, 0.3) is 11.0 Å². The highest BCUT2D eigenvalue weighted by Crippen LogP contribution is 2.11. The first-order valence-electron chi connectivity index (χ1n) is 4.64. The first kappa shape index (κ1) is 9.18. The summed E-state index contributed by atoms with van der Waals surface area (Å²) in [5, 5.41) is 11.4. The molecule has 3 N–H and O–H groups in total. The summed E-state index contributed by atoms with van der Waals surface area (Å²) in [6, 6.07) is 6.14. The number of hydrogen-bond donors (Lipinski definition) is 3. The maximum absolute atomic E-state index is 8.56. The zero-order valence-electron chi connectivity index (χ0n) is 7.83. The lowest BCUT2D eigenvalue weighted by atomic mass is 10.1. The fourth-order valence-electron chi connectivity index (χ4n) is 1.45. The molecule has 0 spiro atoms. The Morgan fingerprint density at radius 1 is 1.43 bits per heavy atom. The van der Waals surface area contributed by atoms with Gasteiger partial charge in [-0.25, -0.2) is 4.98 Å². The molecule has 0 radical (unpaired) electrons. The predicted molar refractivity (Wildman–Crippen MR) is 54.9 cm³/mol. The predicted octanol–water partition coefficient (Wildman–Crippen LogP) is 0.645. The molecule has 2 rings (SSSR count). The van der Waals surface area contributed by atoms with Crippen LogP contribution in [0, 0.1) is 0 Å². The highest BCUT2D eigenvalue weighted by molar-refractivity contribution is 5.74. The van der Waals surface area contributed by atoms with Crippen molar-refractivity contribution in [2.45, 2.75) is 6.42 Å². The van der Waals surface area contributed by atoms with E-state index in [2.05, 4.69) is 27.4 Å². The third-order valence-corrected chi connectivity index (χ3v) is 2.19. The number of nitrogens with one attached hydrogen (secondary N) is 2. The smallest absolute Gasteiger partial charge is 0.0931 e. The number of aliphatic hydroxyl groups is 1. The molecule has 74 valence electrons. The van der Waals surface area contributed by atoms with Gasteiger partial charge in [0.15, 0.2) is 0 Å². The number of aromatic amines is 1. The van der Waals surface area contributed by atoms with E-state index in [1.807, 2.05) is 6.07 Å². The number of H-pyrrole nitrogens is 1. The van der Waals surface area contributed by atoms with Crippen LogP contribution in [0.5, 0.6) is 0 Å². The molecule has 1 aromatic heterocycles. The first-order valence-corrected chi connectivity index (χ1v) is 4.64. The molecule has 0 fully saturated rings. The van der Waals surface area contributed by atoms with Gasteiger partial charge in [-0.1, -0.05) is 6.07 Å². The van der Waals surface area contributed by atoms with E-state index in [1.54, 1.807) is 6.33 Å². The maximum Gasteiger partial charge on any atom is 0.0931 e. The maximum atomic E-state index is 8.56. The highest BCUT2D eigenvalue weighted by atomic mass is 16.3. The number of imidazole rings is 1. The quantitative estimate of drug-likeness (QED) is 0.491. The number of rotatable bonds is 4. The van der Waals surface area contributed by atoms with Gasteiger partial charge in [0, 0.05) is 6.54 Å². The van der Waals surface area contributed by atoms with Gasteiger partial charge >= 0.3 is 0 Å². The van der Waals surface area contributed by atoms with Gasteiger partial charge < -0.3 is 10.1 Å². The van der Waals surface area contributed by atoms with Gasteiger partial charge in [-0.3, -0.25) is 5.32 Å². The van der Waals surface area contributed by atoms with Crippen LogP contribution in [-0.2, 0) is 6.42 Å². The van der Waals surface area contributed by atoms with Crippen LogP contribution < -0.4 is 5.32 Å². The van der Waals surface area contributed by atoms with Crippen LogP contribution in [0.1, 0.15) is 5.56 Å². The summed E-state index contributed by atoms with van der Waals surface area (Å²) in [6.07, 6.45) is 2.61. The average molecular weight is 191 g/mol. The minimum atomic E-state index is 0.0340. The van der Waals surface area contributed by atoms with E-state index < -0.39 is 0 Å². The molecular weight excluding hydrogens is 178 g/mol. The van der Waals surface area contributed by atoms with E-state index in [0.717, 1.165) is 24.0 Å². The lowest BCUT2D eigenvalue weighted by Gasteiger charge is -2.01. The van der Waals surface area contributed by atoms with E-state index in [1.165, 1.54) is 5.56 Å². The molecule has 0 saturated carbocycles. The molecule has 1 aromatic carbocycles. The van der Waals surface area contributed by atoms with Crippen molar-refractivity contribution in [2.75, 3.05) is 13.3 Å². The first-order chi connectivity index (χ1) is 6.90. The highest BCUT2D eigenvalue weighted by Gasteiger charge is 1.97. The second kappa shape index (κ2) is 4.21. The van der Waals surface area contributed by atoms with Crippen molar-refractivity contribution in [1.29, 1.82) is 0 Å². The topological polar surface area (TPSA) is 60.9 Å². The third kappa shape index (κ3) is 1.92. The van der Waals surface area contributed by atoms with Crippen molar-refractivity contribution in [2.24, 2.45) is 0 Å². The summed E-state index contributed by atoms with van der Waals surface area (Å²) in [6.45, 7) is 0.822. The Morgan fingerprint density at radius 2 is 2.36 bits per heavy atom. The normalized spacial score (nSPS) is 10.9. The molecule has 1 heterocycles. The van der Waals surface area contributed by atoms with Gasteiger partial charge in [0.25, 0.3) is 0 Å². The molecular formula is C10H13N3O. The summed E-state index contributed by atoms with van der Waals surface area (Å²) >= 11 is 0. The van der Waals surface area contributed by atoms with Crippen LogP contribution in [0.4, 0.5) is 0 Å². The largest absolute Gasteiger partial charge is 0.381 e. The zero-order valence-corrected chi connectivity index (χ0v) is 7.83. The summed E-state index contributed by atoms with van der Waals surface area (Å²) in [5.41, 5.74) is 3.29. The van der Waals surface area contributed by atoms with E-state index in [-0.39, 0.29) is 6.73 Å². The van der Waals surface area contributed by atoms with E-state index in [4.69, 9.17) is 5.11 Å². The number of hydrogen-bond acceptors (Lipinski definition) is 3. The zero-order chi connectivity index (χ0) is 9.80. The second-order valence-electron chi connectivity index (χ2n) is 3.16. The van der Waals surface area contributed by atoms with Gasteiger partial charge in [-0.2, -0.15) is 0 Å². The molecule has 0 atom stereocenters. The van der Waals surface area contributed by atoms with Crippen LogP contribution >= 0.6 is 0 Å². The second-order valence-corrected chi connectivity index (χ2v) is 3.16. The molecule has 14 heavy (non-hydrogen) atoms. The fraction of sp³-hybridized carbons (Fsp3) is 0.300. The summed E-state index contributed by atoms with van der Waals surface area (Å²) < 4.78 is 0. The third-order valence-electron chi connectivity index (χ3n) is 2.19. The average Bonchev–Trinajstić information content (AvgIpc) is 2.65. The molecule has 4 nitrogen and oxygen atoms in total. The Morgan fingerprint density at radius 3 is 3.21 bits per heavy atom. The standard InChI is InChI=1S/C10H13N3O/c14-7-11-4-3-8-1-2-9-10(5-8)13-6-12-9/h1-2,5-6,11,14H,3-4,7H2,(H,12,13). The minimum absolute atomic E-state index is 0.0340. The Bertz CT molecular complexity index is 410. The Hall–Kier alpha value is -1.39. The molecule has 4 heteroatoms. The Labute approximate surface area is 82.0 Å². The number of aromatic nitrogens is 2. The fourth-order valence-corrected chi connectivity index (χ4v) is 1.45. The van der Waals surface area contributed by atoms with Crippen LogP contribution in [0.2, 0.25) is 0 Å². The molecule has 0 bridgehead atoms. The van der Waals surface area contributed by atoms with Crippen molar-refractivity contribution < 1.29 is 5.11 Å². The van der Waals surface area contributed by atoms with Crippen molar-refractivity contribution in [3.63, 3.8) is 0 Å². The summed E-state index contributed by atoms with van der Waals surface area (Å²) in [4.78, 5) is 7.21. The summed E-state index contributed by atoms with van der Waals surface area (Å²) in [7, 11) is 0. The van der Waals surface area contributed by atoms with Crippen molar-refractivity contribution in [3.8, 4) is 0 Å². The van der Waals surface area contributed by atoms with Crippen LogP contribution in [0.15, 0.2) is 24.5 Å². The molecule has 0 amide bonds. The number of nitrogens with zero attached hydrogens (tertiary/aromatic N) is 1. The van der Waals surface area contributed by atoms with Gasteiger partial charge in [0.1, 0.15) is 0 Å². The lowest BCUT2D eigenvalue weighted by Crippen LogP contribution is -2.17. The van der Waals surface area contributed by atoms with E-state index in [0.29, 0.717) is 0 Å². The van der Waals surface area contributed by atoms with Gasteiger partial charge in [0.2, 0.25) is 0 Å². The minimum Gasteiger partial charge on any atom is -0.381 e. The summed E-state index contributed by atoms with van der Waals surface area (Å²) in [5.74, 6) is 0. The van der Waals surface area contributed by atoms with Gasteiger partial charge in [0.05, 0.1) is 24.1 Å². The van der Waals surface area contributed by atoms with Gasteiger partial charge in [-0.05, 0) is 24.1 Å². The molecule has 0 aliphatic rings. The molecule has 0 aliphatic carbocycles. The lowest BCUT2D eigenvalue weighted by molar-refractivity contribution is 0.262. The molecule has 2 aromatic rings. The van der Waals surface area contributed by atoms with Crippen molar-refractivity contribution >= 4 is 11.0 Å². The Kier molecular flexibility index (Phi) is 2.76. The van der Waals surface area contributed by atoms with Gasteiger partial charge in [-0.15, -0.1) is 0 Å². The van der Waals surface area contributed by atoms with E-state index >= 15 is 0 Å². The molecule has 0 unspecified atom stereocenters. The number of aliphatic hydroxyl groups excluding tert-OH is 1. The van der Waals surface area contributed by atoms with Crippen LogP contribution in [-0.4, -0.2) is 28.4 Å².